The summed E-state index contributed by atoms with van der Waals surface area (Å²) in [6.07, 6.45) is 2.15. The van der Waals surface area contributed by atoms with E-state index in [1.807, 2.05) is 0 Å². The highest BCUT2D eigenvalue weighted by atomic mass is 15.3. The maximum atomic E-state index is 2.47. The fourth-order valence-electron chi connectivity index (χ4n) is 1.61. The van der Waals surface area contributed by atoms with E-state index in [0.717, 1.165) is 13.2 Å². The minimum Gasteiger partial charge on any atom is -0.337 e. The van der Waals surface area contributed by atoms with Crippen molar-refractivity contribution in [1.82, 2.24) is 9.47 Å². The fourth-order valence-corrected chi connectivity index (χ4v) is 1.61. The van der Waals surface area contributed by atoms with Crippen LogP contribution in [-0.2, 0) is 13.2 Å². The predicted octanol–water partition coefficient (Wildman–Crippen LogP) is 2.06. The van der Waals surface area contributed by atoms with E-state index in [2.05, 4.69) is 48.6 Å². The van der Waals surface area contributed by atoms with E-state index < -0.39 is 0 Å². The molecule has 0 saturated carbocycles. The number of rotatable bonds is 0. The van der Waals surface area contributed by atoms with Crippen molar-refractivity contribution in [1.29, 1.82) is 0 Å². The summed E-state index contributed by atoms with van der Waals surface area (Å²) in [5, 5.41) is 0. The maximum absolute atomic E-state index is 2.47. The normalized spacial score (nSPS) is 18.2. The Morgan fingerprint density at radius 3 is 2.67 bits per heavy atom. The van der Waals surface area contributed by atoms with Gasteiger partial charge in [-0.15, -0.1) is 0 Å². The molecule has 2 heteroatoms. The van der Waals surface area contributed by atoms with Gasteiger partial charge in [0.1, 0.15) is 0 Å². The van der Waals surface area contributed by atoms with Crippen LogP contribution >= 0.6 is 0 Å². The predicted molar refractivity (Wildman–Crippen MR) is 49.7 cm³/mol. The molecule has 2 heterocycles. The van der Waals surface area contributed by atoms with Gasteiger partial charge >= 0.3 is 0 Å². The molecular formula is C10H16N2. The van der Waals surface area contributed by atoms with Gasteiger partial charge in [0.15, 0.2) is 0 Å². The SMILES string of the molecule is CC(C)(C)N1Cc2cccn2C1. The summed E-state index contributed by atoms with van der Waals surface area (Å²) in [4.78, 5) is 2.47. The van der Waals surface area contributed by atoms with Crippen molar-refractivity contribution in [2.75, 3.05) is 0 Å². The van der Waals surface area contributed by atoms with Crippen molar-refractivity contribution in [3.63, 3.8) is 0 Å². The summed E-state index contributed by atoms with van der Waals surface area (Å²) in [5.74, 6) is 0. The summed E-state index contributed by atoms with van der Waals surface area (Å²) < 4.78 is 2.31. The number of hydrogen-bond donors (Lipinski definition) is 0. The lowest BCUT2D eigenvalue weighted by Gasteiger charge is -2.30. The van der Waals surface area contributed by atoms with E-state index in [9.17, 15) is 0 Å². The highest BCUT2D eigenvalue weighted by molar-refractivity contribution is 5.10. The minimum atomic E-state index is 0.291. The highest BCUT2D eigenvalue weighted by Gasteiger charge is 2.26. The van der Waals surface area contributed by atoms with Gasteiger partial charge in [-0.05, 0) is 32.9 Å². The van der Waals surface area contributed by atoms with Gasteiger partial charge in [0.05, 0.1) is 6.67 Å². The van der Waals surface area contributed by atoms with E-state index in [4.69, 9.17) is 0 Å². The first-order valence-electron chi connectivity index (χ1n) is 4.46. The van der Waals surface area contributed by atoms with Crippen LogP contribution in [-0.4, -0.2) is 15.0 Å². The molecule has 0 aliphatic carbocycles. The van der Waals surface area contributed by atoms with Gasteiger partial charge in [-0.1, -0.05) is 0 Å². The lowest BCUT2D eigenvalue weighted by atomic mass is 10.1. The maximum Gasteiger partial charge on any atom is 0.0755 e. The van der Waals surface area contributed by atoms with E-state index in [-0.39, 0.29) is 0 Å². The zero-order valence-electron chi connectivity index (χ0n) is 8.04. The molecule has 12 heavy (non-hydrogen) atoms. The third kappa shape index (κ3) is 1.16. The molecule has 66 valence electrons. The quantitative estimate of drug-likeness (QED) is 0.570. The Labute approximate surface area is 73.8 Å². The molecule has 1 aliphatic rings. The van der Waals surface area contributed by atoms with E-state index in [1.54, 1.807) is 0 Å². The third-order valence-corrected chi connectivity index (χ3v) is 2.55. The number of aromatic nitrogens is 1. The van der Waals surface area contributed by atoms with Crippen LogP contribution in [0.5, 0.6) is 0 Å². The van der Waals surface area contributed by atoms with Crippen LogP contribution in [0.15, 0.2) is 18.3 Å². The smallest absolute Gasteiger partial charge is 0.0755 e. The van der Waals surface area contributed by atoms with Crippen molar-refractivity contribution in [2.24, 2.45) is 0 Å². The Morgan fingerprint density at radius 1 is 1.33 bits per heavy atom. The summed E-state index contributed by atoms with van der Waals surface area (Å²) in [6, 6.07) is 4.32. The van der Waals surface area contributed by atoms with E-state index in [1.165, 1.54) is 5.69 Å². The zero-order valence-corrected chi connectivity index (χ0v) is 8.04. The molecule has 0 fully saturated rings. The van der Waals surface area contributed by atoms with Crippen molar-refractivity contribution < 1.29 is 0 Å². The lowest BCUT2D eigenvalue weighted by molar-refractivity contribution is 0.119. The molecule has 0 aromatic carbocycles. The molecular weight excluding hydrogens is 148 g/mol. The summed E-state index contributed by atoms with van der Waals surface area (Å²) in [7, 11) is 0. The van der Waals surface area contributed by atoms with Crippen LogP contribution < -0.4 is 0 Å². The second-order valence-electron chi connectivity index (χ2n) is 4.48. The van der Waals surface area contributed by atoms with Crippen molar-refractivity contribution in [3.05, 3.63) is 24.0 Å². The topological polar surface area (TPSA) is 8.17 Å². The first-order chi connectivity index (χ1) is 5.57. The second kappa shape index (κ2) is 2.36. The second-order valence-corrected chi connectivity index (χ2v) is 4.48. The molecule has 0 atom stereocenters. The van der Waals surface area contributed by atoms with E-state index in [0.29, 0.717) is 5.54 Å². The molecule has 0 saturated heterocycles. The Bertz CT molecular complexity index is 260. The van der Waals surface area contributed by atoms with Crippen LogP contribution in [0.2, 0.25) is 0 Å². The highest BCUT2D eigenvalue weighted by Crippen LogP contribution is 2.24. The number of fused-ring (bicyclic) bond motifs is 1. The van der Waals surface area contributed by atoms with Crippen LogP contribution in [0.1, 0.15) is 26.5 Å². The molecule has 0 bridgehead atoms. The average molecular weight is 164 g/mol. The molecule has 1 aliphatic heterocycles. The largest absolute Gasteiger partial charge is 0.337 e. The van der Waals surface area contributed by atoms with Gasteiger partial charge in [-0.2, -0.15) is 0 Å². The van der Waals surface area contributed by atoms with Gasteiger partial charge in [-0.25, -0.2) is 0 Å². The van der Waals surface area contributed by atoms with Crippen LogP contribution in [0.25, 0.3) is 0 Å². The van der Waals surface area contributed by atoms with Gasteiger partial charge in [-0.3, -0.25) is 4.90 Å². The average Bonchev–Trinajstić information content (AvgIpc) is 2.37. The van der Waals surface area contributed by atoms with Crippen LogP contribution in [0, 0.1) is 0 Å². The van der Waals surface area contributed by atoms with Crippen molar-refractivity contribution in [3.8, 4) is 0 Å². The summed E-state index contributed by atoms with van der Waals surface area (Å²) in [6.45, 7) is 8.93. The molecule has 0 radical (unpaired) electrons. The molecule has 0 spiro atoms. The summed E-state index contributed by atoms with van der Waals surface area (Å²) >= 11 is 0. The number of nitrogens with zero attached hydrogens (tertiary/aromatic N) is 2. The molecule has 2 rings (SSSR count). The van der Waals surface area contributed by atoms with E-state index >= 15 is 0 Å². The van der Waals surface area contributed by atoms with Crippen LogP contribution in [0.3, 0.4) is 0 Å². The van der Waals surface area contributed by atoms with Crippen molar-refractivity contribution >= 4 is 0 Å². The molecule has 0 N–H and O–H groups in total. The van der Waals surface area contributed by atoms with Crippen molar-refractivity contribution in [2.45, 2.75) is 39.5 Å². The Kier molecular flexibility index (Phi) is 1.55. The first-order valence-corrected chi connectivity index (χ1v) is 4.46. The third-order valence-electron chi connectivity index (χ3n) is 2.55. The monoisotopic (exact) mass is 164 g/mol. The van der Waals surface area contributed by atoms with Crippen LogP contribution in [0.4, 0.5) is 0 Å². The fraction of sp³-hybridized carbons (Fsp3) is 0.600. The van der Waals surface area contributed by atoms with Gasteiger partial charge < -0.3 is 4.57 Å². The van der Waals surface area contributed by atoms with Gasteiger partial charge in [0.2, 0.25) is 0 Å². The Morgan fingerprint density at radius 2 is 2.08 bits per heavy atom. The Hall–Kier alpha value is -0.760. The minimum absolute atomic E-state index is 0.291. The molecule has 2 nitrogen and oxygen atoms in total. The van der Waals surface area contributed by atoms with Gasteiger partial charge in [0.25, 0.3) is 0 Å². The van der Waals surface area contributed by atoms with Gasteiger partial charge in [0, 0.05) is 24.0 Å². The molecule has 0 unspecified atom stereocenters. The lowest BCUT2D eigenvalue weighted by Crippen LogP contribution is -2.37. The summed E-state index contributed by atoms with van der Waals surface area (Å²) in [5.41, 5.74) is 1.73. The molecule has 0 amide bonds. The zero-order chi connectivity index (χ0) is 8.77. The Balaban J connectivity index is 2.18. The molecule has 1 aromatic rings. The molecule has 1 aromatic heterocycles. The standard InChI is InChI=1S/C10H16N2/c1-10(2,3)12-7-9-5-4-6-11(9)8-12/h4-6H,7-8H2,1-3H3. The number of hydrogen-bond acceptors (Lipinski definition) is 1. The first kappa shape index (κ1) is 7.87.